The van der Waals surface area contributed by atoms with Gasteiger partial charge in [-0.2, -0.15) is 4.37 Å². The van der Waals surface area contributed by atoms with E-state index >= 15 is 0 Å². The minimum atomic E-state index is -0.216. The van der Waals surface area contributed by atoms with Crippen LogP contribution in [0, 0.1) is 6.92 Å². The zero-order valence-electron chi connectivity index (χ0n) is 10.2. The van der Waals surface area contributed by atoms with Crippen LogP contribution in [0.3, 0.4) is 0 Å². The fourth-order valence-electron chi connectivity index (χ4n) is 1.95. The number of amides is 1. The molecule has 1 saturated heterocycles. The first-order valence-electron chi connectivity index (χ1n) is 5.86. The van der Waals surface area contributed by atoms with Crippen molar-refractivity contribution in [3.63, 3.8) is 0 Å². The van der Waals surface area contributed by atoms with Crippen molar-refractivity contribution in [3.8, 4) is 0 Å². The fourth-order valence-corrected chi connectivity index (χ4v) is 2.75. The van der Waals surface area contributed by atoms with Crippen molar-refractivity contribution in [2.45, 2.75) is 32.7 Å². The van der Waals surface area contributed by atoms with Gasteiger partial charge in [0.25, 0.3) is 0 Å². The second-order valence-corrected chi connectivity index (χ2v) is 5.19. The first kappa shape index (κ1) is 12.2. The van der Waals surface area contributed by atoms with Gasteiger partial charge in [-0.15, -0.1) is 0 Å². The Morgan fingerprint density at radius 3 is 2.71 bits per heavy atom. The summed E-state index contributed by atoms with van der Waals surface area (Å²) in [6.07, 6.45) is 2.23. The highest BCUT2D eigenvalue weighted by Gasteiger charge is 2.24. The van der Waals surface area contributed by atoms with Crippen LogP contribution in [0.15, 0.2) is 0 Å². The van der Waals surface area contributed by atoms with Crippen molar-refractivity contribution in [2.75, 3.05) is 24.1 Å². The van der Waals surface area contributed by atoms with Gasteiger partial charge in [-0.3, -0.25) is 4.79 Å². The van der Waals surface area contributed by atoms with E-state index in [4.69, 9.17) is 5.73 Å². The molecular formula is C11H18N4OS. The third-order valence-corrected chi connectivity index (χ3v) is 3.99. The number of carbonyl (C=O) groups excluding carboxylic acids is 1. The molecule has 6 heteroatoms. The first-order chi connectivity index (χ1) is 8.09. The van der Waals surface area contributed by atoms with Crippen LogP contribution in [0.4, 0.5) is 10.8 Å². The monoisotopic (exact) mass is 254 g/mol. The van der Waals surface area contributed by atoms with Crippen LogP contribution in [0.5, 0.6) is 0 Å². The van der Waals surface area contributed by atoms with Gasteiger partial charge in [0.05, 0.1) is 0 Å². The predicted octanol–water partition coefficient (Wildman–Crippen LogP) is 1.46. The lowest BCUT2D eigenvalue weighted by Gasteiger charge is -2.21. The van der Waals surface area contributed by atoms with E-state index in [1.165, 1.54) is 11.5 Å². The number of nitrogens with zero attached hydrogens (tertiary/aromatic N) is 2. The number of nitrogen functional groups attached to an aromatic ring is 1. The zero-order valence-corrected chi connectivity index (χ0v) is 11.0. The molecule has 1 fully saturated rings. The molecule has 1 aliphatic heterocycles. The molecule has 1 unspecified atom stereocenters. The number of anilines is 2. The molecule has 1 atom stereocenters. The minimum Gasteiger partial charge on any atom is -0.383 e. The summed E-state index contributed by atoms with van der Waals surface area (Å²) >= 11 is 1.31. The molecule has 0 spiro atoms. The van der Waals surface area contributed by atoms with Crippen molar-refractivity contribution in [1.82, 2.24) is 9.27 Å². The smallest absolute Gasteiger partial charge is 0.244 e. The molecule has 94 valence electrons. The Kier molecular flexibility index (Phi) is 3.51. The lowest BCUT2D eigenvalue weighted by Crippen LogP contribution is -2.39. The maximum atomic E-state index is 12.1. The molecular weight excluding hydrogens is 236 g/mol. The van der Waals surface area contributed by atoms with Crippen LogP contribution in [0.25, 0.3) is 0 Å². The lowest BCUT2D eigenvalue weighted by atomic mass is 10.2. The van der Waals surface area contributed by atoms with Crippen molar-refractivity contribution < 1.29 is 4.79 Å². The van der Waals surface area contributed by atoms with E-state index in [9.17, 15) is 4.79 Å². The first-order valence-corrected chi connectivity index (χ1v) is 6.64. The summed E-state index contributed by atoms with van der Waals surface area (Å²) in [5.41, 5.74) is 6.61. The molecule has 1 amide bonds. The number of nitrogens with two attached hydrogens (primary N) is 1. The van der Waals surface area contributed by atoms with Crippen molar-refractivity contribution in [2.24, 2.45) is 0 Å². The van der Waals surface area contributed by atoms with Crippen LogP contribution in [0.2, 0.25) is 0 Å². The van der Waals surface area contributed by atoms with Crippen LogP contribution >= 0.6 is 11.5 Å². The van der Waals surface area contributed by atoms with Crippen LogP contribution in [-0.2, 0) is 4.79 Å². The molecule has 1 aromatic rings. The van der Waals surface area contributed by atoms with Gasteiger partial charge < -0.3 is 16.0 Å². The standard InChI is InChI=1S/C11H18N4OS/c1-7-9(12)14-17-10(7)13-8(2)11(16)15-5-3-4-6-15/h8,13H,3-6H2,1-2H3,(H2,12,14). The molecule has 0 aromatic carbocycles. The predicted molar refractivity (Wildman–Crippen MR) is 70.2 cm³/mol. The van der Waals surface area contributed by atoms with Crippen molar-refractivity contribution in [3.05, 3.63) is 5.56 Å². The van der Waals surface area contributed by atoms with Gasteiger partial charge in [-0.25, -0.2) is 0 Å². The Balaban J connectivity index is 1.98. The fraction of sp³-hybridized carbons (Fsp3) is 0.636. The van der Waals surface area contributed by atoms with E-state index in [1.54, 1.807) is 0 Å². The summed E-state index contributed by atoms with van der Waals surface area (Å²) in [5, 5.41) is 4.08. The van der Waals surface area contributed by atoms with Gasteiger partial charge in [0, 0.05) is 18.7 Å². The van der Waals surface area contributed by atoms with E-state index in [2.05, 4.69) is 9.69 Å². The Bertz CT molecular complexity index is 412. The molecule has 2 heterocycles. The van der Waals surface area contributed by atoms with E-state index in [1.807, 2.05) is 18.7 Å². The van der Waals surface area contributed by atoms with Crippen LogP contribution < -0.4 is 11.1 Å². The van der Waals surface area contributed by atoms with Gasteiger partial charge >= 0.3 is 0 Å². The van der Waals surface area contributed by atoms with E-state index in [0.717, 1.165) is 36.5 Å². The number of likely N-dealkylation sites (tertiary alicyclic amines) is 1. The Morgan fingerprint density at radius 2 is 2.18 bits per heavy atom. The Hall–Kier alpha value is -1.30. The average Bonchev–Trinajstić information content (AvgIpc) is 2.93. The van der Waals surface area contributed by atoms with Gasteiger partial charge in [-0.05, 0) is 38.2 Å². The highest BCUT2D eigenvalue weighted by atomic mass is 32.1. The van der Waals surface area contributed by atoms with Crippen LogP contribution in [-0.4, -0.2) is 34.3 Å². The zero-order chi connectivity index (χ0) is 12.4. The molecule has 1 aliphatic rings. The number of nitrogens with one attached hydrogen (secondary N) is 1. The number of aromatic nitrogens is 1. The highest BCUT2D eigenvalue weighted by molar-refractivity contribution is 7.10. The summed E-state index contributed by atoms with van der Waals surface area (Å²) in [5.74, 6) is 0.701. The van der Waals surface area contributed by atoms with Crippen LogP contribution in [0.1, 0.15) is 25.3 Å². The summed E-state index contributed by atoms with van der Waals surface area (Å²) in [4.78, 5) is 14.0. The second-order valence-electron chi connectivity index (χ2n) is 4.42. The summed E-state index contributed by atoms with van der Waals surface area (Å²) in [7, 11) is 0. The maximum absolute atomic E-state index is 12.1. The molecule has 17 heavy (non-hydrogen) atoms. The summed E-state index contributed by atoms with van der Waals surface area (Å²) < 4.78 is 4.06. The van der Waals surface area contributed by atoms with E-state index in [0.29, 0.717) is 5.82 Å². The minimum absolute atomic E-state index is 0.161. The summed E-state index contributed by atoms with van der Waals surface area (Å²) in [6.45, 7) is 5.56. The molecule has 0 radical (unpaired) electrons. The second kappa shape index (κ2) is 4.91. The quantitative estimate of drug-likeness (QED) is 0.856. The number of hydrogen-bond acceptors (Lipinski definition) is 5. The third-order valence-electron chi connectivity index (χ3n) is 3.10. The molecule has 0 aliphatic carbocycles. The van der Waals surface area contributed by atoms with Crippen molar-refractivity contribution >= 4 is 28.3 Å². The highest BCUT2D eigenvalue weighted by Crippen LogP contribution is 2.26. The number of hydrogen-bond donors (Lipinski definition) is 2. The third kappa shape index (κ3) is 2.52. The Morgan fingerprint density at radius 1 is 1.53 bits per heavy atom. The number of rotatable bonds is 3. The largest absolute Gasteiger partial charge is 0.383 e. The Labute approximate surface area is 105 Å². The molecule has 5 nitrogen and oxygen atoms in total. The number of carbonyl (C=O) groups is 1. The lowest BCUT2D eigenvalue weighted by molar-refractivity contribution is -0.130. The molecule has 1 aromatic heterocycles. The van der Waals surface area contributed by atoms with E-state index < -0.39 is 0 Å². The van der Waals surface area contributed by atoms with Crippen molar-refractivity contribution in [1.29, 1.82) is 0 Å². The molecule has 0 bridgehead atoms. The molecule has 2 rings (SSSR count). The normalized spacial score (nSPS) is 17.2. The van der Waals surface area contributed by atoms with Gasteiger partial charge in [-0.1, -0.05) is 0 Å². The average molecular weight is 254 g/mol. The topological polar surface area (TPSA) is 71.2 Å². The van der Waals surface area contributed by atoms with Gasteiger partial charge in [0.1, 0.15) is 16.9 Å². The maximum Gasteiger partial charge on any atom is 0.244 e. The molecule has 0 saturated carbocycles. The van der Waals surface area contributed by atoms with Gasteiger partial charge in [0.2, 0.25) is 5.91 Å². The van der Waals surface area contributed by atoms with E-state index in [-0.39, 0.29) is 11.9 Å². The summed E-state index contributed by atoms with van der Waals surface area (Å²) in [6, 6.07) is -0.216. The SMILES string of the molecule is Cc1c(N)nsc1NC(C)C(=O)N1CCCC1. The molecule has 3 N–H and O–H groups in total. The van der Waals surface area contributed by atoms with Gasteiger partial charge in [0.15, 0.2) is 0 Å².